The van der Waals surface area contributed by atoms with E-state index in [4.69, 9.17) is 9.26 Å². The fourth-order valence-corrected chi connectivity index (χ4v) is 2.22. The van der Waals surface area contributed by atoms with Crippen LogP contribution in [0.1, 0.15) is 11.3 Å². The van der Waals surface area contributed by atoms with Gasteiger partial charge in [-0.1, -0.05) is 11.2 Å². The van der Waals surface area contributed by atoms with Crippen LogP contribution in [-0.4, -0.2) is 29.7 Å². The molecule has 104 valence electrons. The number of nitrogens with zero attached hydrogens (tertiary/aromatic N) is 2. The van der Waals surface area contributed by atoms with E-state index in [0.29, 0.717) is 30.9 Å². The summed E-state index contributed by atoms with van der Waals surface area (Å²) in [5.74, 6) is 1.58. The van der Waals surface area contributed by atoms with Crippen molar-refractivity contribution in [1.29, 1.82) is 0 Å². The largest absolute Gasteiger partial charge is 0.497 e. The van der Waals surface area contributed by atoms with Crippen molar-refractivity contribution >= 4 is 11.7 Å². The molecular formula is C14H15N3O3. The molecule has 20 heavy (non-hydrogen) atoms. The SMILES string of the molecule is COc1cccc(NC(=O)N2CCc3oncc3C2)c1. The third-order valence-corrected chi connectivity index (χ3v) is 3.31. The first-order valence-electron chi connectivity index (χ1n) is 6.38. The molecule has 0 unspecified atom stereocenters. The average Bonchev–Trinajstić information content (AvgIpc) is 2.94. The summed E-state index contributed by atoms with van der Waals surface area (Å²) in [6.07, 6.45) is 2.36. The van der Waals surface area contributed by atoms with Crippen LogP contribution in [-0.2, 0) is 13.0 Å². The molecule has 0 radical (unpaired) electrons. The van der Waals surface area contributed by atoms with Crippen molar-refractivity contribution in [3.05, 3.63) is 41.8 Å². The molecule has 1 aromatic heterocycles. The van der Waals surface area contributed by atoms with Gasteiger partial charge in [-0.3, -0.25) is 0 Å². The predicted molar refractivity (Wildman–Crippen MR) is 72.6 cm³/mol. The van der Waals surface area contributed by atoms with Gasteiger partial charge >= 0.3 is 6.03 Å². The first kappa shape index (κ1) is 12.5. The standard InChI is InChI=1S/C14H15N3O3/c1-19-12-4-2-3-11(7-12)16-14(18)17-6-5-13-10(9-17)8-15-20-13/h2-4,7-8H,5-6,9H2,1H3,(H,16,18). The number of benzene rings is 1. The Morgan fingerprint density at radius 1 is 1.50 bits per heavy atom. The molecule has 1 aliphatic heterocycles. The van der Waals surface area contributed by atoms with E-state index in [1.165, 1.54) is 0 Å². The number of rotatable bonds is 2. The molecule has 1 aromatic carbocycles. The molecule has 0 saturated carbocycles. The van der Waals surface area contributed by atoms with Gasteiger partial charge in [0.1, 0.15) is 11.5 Å². The Hall–Kier alpha value is -2.50. The van der Waals surface area contributed by atoms with Gasteiger partial charge in [-0.2, -0.15) is 0 Å². The summed E-state index contributed by atoms with van der Waals surface area (Å²) in [4.78, 5) is 14.0. The van der Waals surface area contributed by atoms with Crippen molar-refractivity contribution in [2.75, 3.05) is 19.0 Å². The van der Waals surface area contributed by atoms with E-state index in [1.54, 1.807) is 24.3 Å². The van der Waals surface area contributed by atoms with Gasteiger partial charge in [0.05, 0.1) is 19.9 Å². The van der Waals surface area contributed by atoms with E-state index in [1.807, 2.05) is 18.2 Å². The molecule has 2 heterocycles. The van der Waals surface area contributed by atoms with Crippen molar-refractivity contribution in [3.8, 4) is 5.75 Å². The molecule has 0 spiro atoms. The van der Waals surface area contributed by atoms with Gasteiger partial charge in [0.2, 0.25) is 0 Å². The van der Waals surface area contributed by atoms with Gasteiger partial charge in [-0.05, 0) is 12.1 Å². The minimum atomic E-state index is -0.134. The summed E-state index contributed by atoms with van der Waals surface area (Å²) < 4.78 is 10.2. The third kappa shape index (κ3) is 2.45. The summed E-state index contributed by atoms with van der Waals surface area (Å²) in [6.45, 7) is 1.15. The van der Waals surface area contributed by atoms with Crippen LogP contribution in [0.15, 0.2) is 35.0 Å². The van der Waals surface area contributed by atoms with E-state index in [9.17, 15) is 4.79 Å². The van der Waals surface area contributed by atoms with Gasteiger partial charge in [0.15, 0.2) is 0 Å². The molecule has 6 heteroatoms. The number of carbonyl (C=O) groups is 1. The third-order valence-electron chi connectivity index (χ3n) is 3.31. The molecule has 3 rings (SSSR count). The number of anilines is 1. The Balaban J connectivity index is 1.68. The molecule has 0 atom stereocenters. The Morgan fingerprint density at radius 3 is 3.25 bits per heavy atom. The van der Waals surface area contributed by atoms with Crippen LogP contribution in [0.4, 0.5) is 10.5 Å². The second-order valence-electron chi connectivity index (χ2n) is 4.61. The Kier molecular flexibility index (Phi) is 3.28. The summed E-state index contributed by atoms with van der Waals surface area (Å²) in [5, 5.41) is 6.62. The number of hydrogen-bond donors (Lipinski definition) is 1. The van der Waals surface area contributed by atoms with Gasteiger partial charge in [0, 0.05) is 30.3 Å². The normalized spacial score (nSPS) is 13.8. The van der Waals surface area contributed by atoms with Crippen LogP contribution in [0.2, 0.25) is 0 Å². The quantitative estimate of drug-likeness (QED) is 0.911. The first-order valence-corrected chi connectivity index (χ1v) is 6.38. The van der Waals surface area contributed by atoms with Crippen molar-refractivity contribution in [2.45, 2.75) is 13.0 Å². The monoisotopic (exact) mass is 273 g/mol. The zero-order chi connectivity index (χ0) is 13.9. The molecule has 2 amide bonds. The Morgan fingerprint density at radius 2 is 2.40 bits per heavy atom. The topological polar surface area (TPSA) is 67.6 Å². The van der Waals surface area contributed by atoms with Crippen LogP contribution < -0.4 is 10.1 Å². The zero-order valence-electron chi connectivity index (χ0n) is 11.1. The van der Waals surface area contributed by atoms with E-state index in [-0.39, 0.29) is 6.03 Å². The second-order valence-corrected chi connectivity index (χ2v) is 4.61. The summed E-state index contributed by atoms with van der Waals surface area (Å²) in [7, 11) is 1.60. The molecule has 1 N–H and O–H groups in total. The lowest BCUT2D eigenvalue weighted by molar-refractivity contribution is 0.202. The number of methoxy groups -OCH3 is 1. The Bertz CT molecular complexity index is 624. The molecular weight excluding hydrogens is 258 g/mol. The van der Waals surface area contributed by atoms with Crippen LogP contribution in [0.25, 0.3) is 0 Å². The van der Waals surface area contributed by atoms with E-state index < -0.39 is 0 Å². The minimum absolute atomic E-state index is 0.134. The molecule has 0 aliphatic carbocycles. The molecule has 6 nitrogen and oxygen atoms in total. The van der Waals surface area contributed by atoms with Crippen molar-refractivity contribution in [2.24, 2.45) is 0 Å². The lowest BCUT2D eigenvalue weighted by Gasteiger charge is -2.25. The van der Waals surface area contributed by atoms with Crippen molar-refractivity contribution < 1.29 is 14.1 Å². The van der Waals surface area contributed by atoms with E-state index in [2.05, 4.69) is 10.5 Å². The highest BCUT2D eigenvalue weighted by Gasteiger charge is 2.23. The lowest BCUT2D eigenvalue weighted by atomic mass is 10.1. The fourth-order valence-electron chi connectivity index (χ4n) is 2.22. The maximum absolute atomic E-state index is 12.2. The first-order chi connectivity index (χ1) is 9.76. The number of hydrogen-bond acceptors (Lipinski definition) is 4. The minimum Gasteiger partial charge on any atom is -0.497 e. The van der Waals surface area contributed by atoms with Crippen LogP contribution in [0.3, 0.4) is 0 Å². The molecule has 0 saturated heterocycles. The summed E-state index contributed by atoms with van der Waals surface area (Å²) in [6, 6.07) is 7.15. The fraction of sp³-hybridized carbons (Fsp3) is 0.286. The predicted octanol–water partition coefficient (Wildman–Crippen LogP) is 2.27. The lowest BCUT2D eigenvalue weighted by Crippen LogP contribution is -2.38. The number of aromatic nitrogens is 1. The highest BCUT2D eigenvalue weighted by Crippen LogP contribution is 2.20. The van der Waals surface area contributed by atoms with Gasteiger partial charge in [-0.25, -0.2) is 4.79 Å². The Labute approximate surface area is 116 Å². The van der Waals surface area contributed by atoms with Crippen LogP contribution in [0.5, 0.6) is 5.75 Å². The number of carbonyl (C=O) groups excluding carboxylic acids is 1. The summed E-state index contributed by atoms with van der Waals surface area (Å²) >= 11 is 0. The van der Waals surface area contributed by atoms with Gasteiger partial charge in [0.25, 0.3) is 0 Å². The number of nitrogens with one attached hydrogen (secondary N) is 1. The highest BCUT2D eigenvalue weighted by molar-refractivity contribution is 5.89. The van der Waals surface area contributed by atoms with Crippen molar-refractivity contribution in [1.82, 2.24) is 10.1 Å². The molecule has 0 bridgehead atoms. The second kappa shape index (κ2) is 5.24. The van der Waals surface area contributed by atoms with E-state index >= 15 is 0 Å². The van der Waals surface area contributed by atoms with Gasteiger partial charge in [-0.15, -0.1) is 0 Å². The van der Waals surface area contributed by atoms with Gasteiger partial charge < -0.3 is 19.5 Å². The zero-order valence-corrected chi connectivity index (χ0v) is 11.1. The average molecular weight is 273 g/mol. The smallest absolute Gasteiger partial charge is 0.322 e. The maximum Gasteiger partial charge on any atom is 0.322 e. The number of urea groups is 1. The number of amides is 2. The number of ether oxygens (including phenoxy) is 1. The maximum atomic E-state index is 12.2. The van der Waals surface area contributed by atoms with Crippen molar-refractivity contribution in [3.63, 3.8) is 0 Å². The van der Waals surface area contributed by atoms with E-state index in [0.717, 1.165) is 11.3 Å². The van der Waals surface area contributed by atoms with Crippen LogP contribution >= 0.6 is 0 Å². The molecule has 2 aromatic rings. The molecule has 1 aliphatic rings. The number of fused-ring (bicyclic) bond motifs is 1. The molecule has 0 fully saturated rings. The summed E-state index contributed by atoms with van der Waals surface area (Å²) in [5.41, 5.74) is 1.68. The van der Waals surface area contributed by atoms with Crippen LogP contribution in [0, 0.1) is 0 Å². The highest BCUT2D eigenvalue weighted by atomic mass is 16.5.